The topological polar surface area (TPSA) is 95.9 Å². The highest BCUT2D eigenvalue weighted by molar-refractivity contribution is 5.83. The maximum atomic E-state index is 11.5. The molecule has 1 aromatic rings. The van der Waals surface area contributed by atoms with Gasteiger partial charge in [0.2, 0.25) is 5.91 Å². The van der Waals surface area contributed by atoms with Gasteiger partial charge in [0.1, 0.15) is 11.8 Å². The zero-order valence-electron chi connectivity index (χ0n) is 10.6. The van der Waals surface area contributed by atoms with E-state index in [2.05, 4.69) is 5.32 Å². The second kappa shape index (κ2) is 7.38. The Morgan fingerprint density at radius 3 is 2.74 bits per heavy atom. The summed E-state index contributed by atoms with van der Waals surface area (Å²) in [7, 11) is 1.56. The number of hydrogen-bond donors (Lipinski definition) is 3. The predicted molar refractivity (Wildman–Crippen MR) is 68.0 cm³/mol. The first-order valence-electron chi connectivity index (χ1n) is 5.82. The SMILES string of the molecule is COc1cccc(CCC(=O)N[C@H](CO)C(=O)O)c1. The van der Waals surface area contributed by atoms with Gasteiger partial charge in [0.25, 0.3) is 0 Å². The quantitative estimate of drug-likeness (QED) is 0.655. The van der Waals surface area contributed by atoms with Crippen LogP contribution in [0.4, 0.5) is 0 Å². The minimum Gasteiger partial charge on any atom is -0.497 e. The molecule has 104 valence electrons. The molecule has 1 atom stereocenters. The number of carboxylic acid groups (broad SMARTS) is 1. The van der Waals surface area contributed by atoms with Crippen LogP contribution < -0.4 is 10.1 Å². The molecule has 0 aliphatic carbocycles. The number of carboxylic acids is 1. The van der Waals surface area contributed by atoms with Crippen molar-refractivity contribution >= 4 is 11.9 Å². The fourth-order valence-electron chi connectivity index (χ4n) is 1.54. The van der Waals surface area contributed by atoms with Crippen molar-refractivity contribution in [3.05, 3.63) is 29.8 Å². The molecule has 0 unspecified atom stereocenters. The highest BCUT2D eigenvalue weighted by atomic mass is 16.5. The Bertz CT molecular complexity index is 446. The first-order chi connectivity index (χ1) is 9.06. The Morgan fingerprint density at radius 2 is 2.16 bits per heavy atom. The van der Waals surface area contributed by atoms with E-state index in [1.54, 1.807) is 13.2 Å². The monoisotopic (exact) mass is 267 g/mol. The Labute approximate surface area is 111 Å². The summed E-state index contributed by atoms with van der Waals surface area (Å²) >= 11 is 0. The number of aryl methyl sites for hydroxylation is 1. The predicted octanol–water partition coefficient (Wildman–Crippen LogP) is 0.189. The molecule has 0 aliphatic rings. The molecule has 0 bridgehead atoms. The van der Waals surface area contributed by atoms with Gasteiger partial charge in [0.15, 0.2) is 0 Å². The average Bonchev–Trinajstić information content (AvgIpc) is 2.42. The number of rotatable bonds is 7. The Morgan fingerprint density at radius 1 is 1.42 bits per heavy atom. The molecule has 0 spiro atoms. The summed E-state index contributed by atoms with van der Waals surface area (Å²) in [6.45, 7) is -0.625. The number of methoxy groups -OCH3 is 1. The van der Waals surface area contributed by atoms with Crippen LogP contribution in [0.25, 0.3) is 0 Å². The molecular formula is C13H17NO5. The summed E-state index contributed by atoms with van der Waals surface area (Å²) in [6.07, 6.45) is 0.623. The van der Waals surface area contributed by atoms with Crippen LogP contribution in [0.15, 0.2) is 24.3 Å². The zero-order chi connectivity index (χ0) is 14.3. The van der Waals surface area contributed by atoms with Gasteiger partial charge in [-0.2, -0.15) is 0 Å². The van der Waals surface area contributed by atoms with Gasteiger partial charge in [-0.3, -0.25) is 4.79 Å². The summed E-state index contributed by atoms with van der Waals surface area (Å²) < 4.78 is 5.06. The third kappa shape index (κ3) is 4.97. The number of ether oxygens (including phenoxy) is 1. The molecular weight excluding hydrogens is 250 g/mol. The molecule has 19 heavy (non-hydrogen) atoms. The summed E-state index contributed by atoms with van der Waals surface area (Å²) in [6, 6.07) is 6.04. The van der Waals surface area contributed by atoms with Crippen molar-refractivity contribution in [2.75, 3.05) is 13.7 Å². The summed E-state index contributed by atoms with van der Waals surface area (Å²) in [5, 5.41) is 19.7. The van der Waals surface area contributed by atoms with Crippen molar-refractivity contribution < 1.29 is 24.5 Å². The molecule has 0 saturated heterocycles. The number of aliphatic hydroxyl groups excluding tert-OH is 1. The molecule has 0 aromatic heterocycles. The number of aliphatic hydroxyl groups is 1. The third-order valence-electron chi connectivity index (χ3n) is 2.59. The third-order valence-corrected chi connectivity index (χ3v) is 2.59. The minimum absolute atomic E-state index is 0.150. The van der Waals surface area contributed by atoms with Crippen molar-refractivity contribution in [3.63, 3.8) is 0 Å². The maximum absolute atomic E-state index is 11.5. The number of amides is 1. The summed E-state index contributed by atoms with van der Waals surface area (Å²) in [5.74, 6) is -0.960. The Hall–Kier alpha value is -2.08. The van der Waals surface area contributed by atoms with Crippen molar-refractivity contribution in [1.29, 1.82) is 0 Å². The highest BCUT2D eigenvalue weighted by Crippen LogP contribution is 2.13. The second-order valence-corrected chi connectivity index (χ2v) is 3.99. The molecule has 0 radical (unpaired) electrons. The zero-order valence-corrected chi connectivity index (χ0v) is 10.6. The van der Waals surface area contributed by atoms with Crippen molar-refractivity contribution in [1.82, 2.24) is 5.32 Å². The molecule has 0 fully saturated rings. The lowest BCUT2D eigenvalue weighted by atomic mass is 10.1. The lowest BCUT2D eigenvalue weighted by Crippen LogP contribution is -2.43. The highest BCUT2D eigenvalue weighted by Gasteiger charge is 2.18. The molecule has 6 heteroatoms. The molecule has 0 aliphatic heterocycles. The van der Waals surface area contributed by atoms with Crippen molar-refractivity contribution in [2.45, 2.75) is 18.9 Å². The van der Waals surface area contributed by atoms with Crippen LogP contribution in [0.5, 0.6) is 5.75 Å². The first-order valence-corrected chi connectivity index (χ1v) is 5.82. The number of nitrogens with one attached hydrogen (secondary N) is 1. The fourth-order valence-corrected chi connectivity index (χ4v) is 1.54. The maximum Gasteiger partial charge on any atom is 0.328 e. The van der Waals surface area contributed by atoms with Gasteiger partial charge in [-0.1, -0.05) is 12.1 Å². The van der Waals surface area contributed by atoms with E-state index in [9.17, 15) is 9.59 Å². The fraction of sp³-hybridized carbons (Fsp3) is 0.385. The largest absolute Gasteiger partial charge is 0.497 e. The van der Waals surface area contributed by atoms with E-state index in [1.807, 2.05) is 18.2 Å². The van der Waals surface area contributed by atoms with E-state index in [1.165, 1.54) is 0 Å². The van der Waals surface area contributed by atoms with Crippen molar-refractivity contribution in [2.24, 2.45) is 0 Å². The van der Waals surface area contributed by atoms with Gasteiger partial charge in [-0.05, 0) is 24.1 Å². The molecule has 6 nitrogen and oxygen atoms in total. The number of benzene rings is 1. The number of carbonyl (C=O) groups excluding carboxylic acids is 1. The summed E-state index contributed by atoms with van der Waals surface area (Å²) in [5.41, 5.74) is 0.922. The number of hydrogen-bond acceptors (Lipinski definition) is 4. The van der Waals surface area contributed by atoms with Gasteiger partial charge in [0, 0.05) is 6.42 Å². The van der Waals surface area contributed by atoms with E-state index < -0.39 is 24.5 Å². The van der Waals surface area contributed by atoms with Crippen LogP contribution in [-0.4, -0.2) is 41.8 Å². The normalized spacial score (nSPS) is 11.7. The van der Waals surface area contributed by atoms with Crippen LogP contribution in [0.2, 0.25) is 0 Å². The van der Waals surface area contributed by atoms with Crippen LogP contribution in [0.1, 0.15) is 12.0 Å². The van der Waals surface area contributed by atoms with Crippen molar-refractivity contribution in [3.8, 4) is 5.75 Å². The second-order valence-electron chi connectivity index (χ2n) is 3.99. The van der Waals surface area contributed by atoms with Gasteiger partial charge < -0.3 is 20.3 Å². The summed E-state index contributed by atoms with van der Waals surface area (Å²) in [4.78, 5) is 22.2. The molecule has 1 amide bonds. The van der Waals surface area contributed by atoms with Crippen LogP contribution in [0.3, 0.4) is 0 Å². The number of aliphatic carboxylic acids is 1. The van der Waals surface area contributed by atoms with Crippen LogP contribution in [0, 0.1) is 0 Å². The van der Waals surface area contributed by atoms with E-state index >= 15 is 0 Å². The molecule has 3 N–H and O–H groups in total. The smallest absolute Gasteiger partial charge is 0.328 e. The van der Waals surface area contributed by atoms with Gasteiger partial charge in [-0.15, -0.1) is 0 Å². The Balaban J connectivity index is 2.47. The number of carbonyl (C=O) groups is 2. The lowest BCUT2D eigenvalue weighted by Gasteiger charge is -2.11. The first kappa shape index (κ1) is 15.0. The van der Waals surface area contributed by atoms with E-state index in [-0.39, 0.29) is 6.42 Å². The van der Waals surface area contributed by atoms with E-state index in [0.717, 1.165) is 5.56 Å². The van der Waals surface area contributed by atoms with E-state index in [0.29, 0.717) is 12.2 Å². The molecule has 0 saturated carbocycles. The van der Waals surface area contributed by atoms with Crippen LogP contribution >= 0.6 is 0 Å². The molecule has 0 heterocycles. The van der Waals surface area contributed by atoms with Gasteiger partial charge >= 0.3 is 5.97 Å². The Kier molecular flexibility index (Phi) is 5.81. The molecule has 1 rings (SSSR count). The van der Waals surface area contributed by atoms with Gasteiger partial charge in [0.05, 0.1) is 13.7 Å². The molecule has 1 aromatic carbocycles. The average molecular weight is 267 g/mol. The van der Waals surface area contributed by atoms with Crippen LogP contribution in [-0.2, 0) is 16.0 Å². The van der Waals surface area contributed by atoms with E-state index in [4.69, 9.17) is 14.9 Å². The van der Waals surface area contributed by atoms with Gasteiger partial charge in [-0.25, -0.2) is 4.79 Å². The minimum atomic E-state index is -1.25. The standard InChI is InChI=1S/C13H17NO5/c1-19-10-4-2-3-9(7-10)5-6-12(16)14-11(8-15)13(17)18/h2-4,7,11,15H,5-6,8H2,1H3,(H,14,16)(H,17,18)/t11-/m1/s1. The lowest BCUT2D eigenvalue weighted by molar-refractivity contribution is -0.142.